The quantitative estimate of drug-likeness (QED) is 0.545. The van der Waals surface area contributed by atoms with Crippen molar-refractivity contribution in [3.05, 3.63) is 65.1 Å². The van der Waals surface area contributed by atoms with Crippen LogP contribution in [-0.4, -0.2) is 16.9 Å². The maximum atomic E-state index is 14.4. The largest absolute Gasteiger partial charge is 0.370 e. The zero-order chi connectivity index (χ0) is 19.7. The maximum absolute atomic E-state index is 14.4. The number of fused-ring (bicyclic) bond motifs is 1. The Hall–Kier alpha value is -3.42. The summed E-state index contributed by atoms with van der Waals surface area (Å²) >= 11 is 0. The molecule has 0 atom stereocenters. The molecule has 1 heterocycles. The molecule has 0 bridgehead atoms. The van der Waals surface area contributed by atoms with Crippen LogP contribution in [0.3, 0.4) is 0 Å². The predicted octanol–water partition coefficient (Wildman–Crippen LogP) is 3.30. The van der Waals surface area contributed by atoms with Crippen molar-refractivity contribution in [3.63, 3.8) is 0 Å². The molecule has 2 aromatic carbocycles. The SMILES string of the molecule is CCc1cc(-c2c(F)cc(F)cc2F)c2cc(C(=O)N=C(N)N)ccc2n1. The molecule has 0 aliphatic carbocycles. The van der Waals surface area contributed by atoms with Gasteiger partial charge in [0, 0.05) is 28.8 Å². The fraction of sp³-hybridized carbons (Fsp3) is 0.105. The standard InChI is InChI=1S/C19H15F3N4O/c1-2-11-8-13(17-14(21)6-10(20)7-15(17)22)12-5-9(3-4-16(12)25-11)18(27)26-19(23)24/h3-8H,2H2,1H3,(H4,23,24,26,27). The van der Waals surface area contributed by atoms with Gasteiger partial charge in [0.25, 0.3) is 5.91 Å². The molecule has 1 amide bonds. The van der Waals surface area contributed by atoms with Crippen molar-refractivity contribution >= 4 is 22.8 Å². The first kappa shape index (κ1) is 18.4. The minimum Gasteiger partial charge on any atom is -0.370 e. The van der Waals surface area contributed by atoms with Crippen molar-refractivity contribution in [1.29, 1.82) is 0 Å². The summed E-state index contributed by atoms with van der Waals surface area (Å²) in [5.41, 5.74) is 11.3. The number of nitrogens with zero attached hydrogens (tertiary/aromatic N) is 2. The van der Waals surface area contributed by atoms with E-state index in [9.17, 15) is 18.0 Å². The molecule has 27 heavy (non-hydrogen) atoms. The van der Waals surface area contributed by atoms with Gasteiger partial charge in [0.2, 0.25) is 0 Å². The summed E-state index contributed by atoms with van der Waals surface area (Å²) in [7, 11) is 0. The van der Waals surface area contributed by atoms with E-state index in [0.717, 1.165) is 0 Å². The molecule has 0 spiro atoms. The third-order valence-corrected chi connectivity index (χ3v) is 3.98. The molecule has 0 fully saturated rings. The second kappa shape index (κ2) is 7.06. The van der Waals surface area contributed by atoms with Gasteiger partial charge >= 0.3 is 0 Å². The molecule has 0 radical (unpaired) electrons. The van der Waals surface area contributed by atoms with Crippen LogP contribution in [0, 0.1) is 17.5 Å². The molecule has 0 unspecified atom stereocenters. The molecular formula is C19H15F3N4O. The van der Waals surface area contributed by atoms with E-state index in [1.54, 1.807) is 0 Å². The number of nitrogens with two attached hydrogens (primary N) is 2. The molecule has 5 nitrogen and oxygen atoms in total. The molecule has 8 heteroatoms. The van der Waals surface area contributed by atoms with E-state index in [1.165, 1.54) is 24.3 Å². The van der Waals surface area contributed by atoms with Crippen LogP contribution in [0.4, 0.5) is 13.2 Å². The van der Waals surface area contributed by atoms with Gasteiger partial charge in [-0.1, -0.05) is 6.92 Å². The van der Waals surface area contributed by atoms with E-state index in [1.807, 2.05) is 6.92 Å². The van der Waals surface area contributed by atoms with Gasteiger partial charge in [0.15, 0.2) is 5.96 Å². The number of aliphatic imine (C=N–C) groups is 1. The van der Waals surface area contributed by atoms with Gasteiger partial charge in [-0.05, 0) is 36.2 Å². The van der Waals surface area contributed by atoms with Crippen molar-refractivity contribution in [1.82, 2.24) is 4.98 Å². The van der Waals surface area contributed by atoms with Crippen molar-refractivity contribution < 1.29 is 18.0 Å². The predicted molar refractivity (Wildman–Crippen MR) is 96.6 cm³/mol. The number of aromatic nitrogens is 1. The Kier molecular flexibility index (Phi) is 4.81. The lowest BCUT2D eigenvalue weighted by molar-refractivity contribution is 0.100. The Bertz CT molecular complexity index is 1070. The summed E-state index contributed by atoms with van der Waals surface area (Å²) in [4.78, 5) is 19.9. The highest BCUT2D eigenvalue weighted by Crippen LogP contribution is 2.34. The monoisotopic (exact) mass is 372 g/mol. The third-order valence-electron chi connectivity index (χ3n) is 3.98. The molecule has 0 saturated heterocycles. The lowest BCUT2D eigenvalue weighted by Gasteiger charge is -2.12. The van der Waals surface area contributed by atoms with Gasteiger partial charge in [-0.25, -0.2) is 13.2 Å². The summed E-state index contributed by atoms with van der Waals surface area (Å²) in [6.07, 6.45) is 0.516. The van der Waals surface area contributed by atoms with Crippen molar-refractivity contribution in [2.45, 2.75) is 13.3 Å². The summed E-state index contributed by atoms with van der Waals surface area (Å²) < 4.78 is 42.0. The van der Waals surface area contributed by atoms with Crippen molar-refractivity contribution in [2.75, 3.05) is 0 Å². The zero-order valence-corrected chi connectivity index (χ0v) is 14.3. The van der Waals surface area contributed by atoms with E-state index in [-0.39, 0.29) is 11.1 Å². The lowest BCUT2D eigenvalue weighted by atomic mass is 9.97. The first-order valence-corrected chi connectivity index (χ1v) is 8.02. The summed E-state index contributed by atoms with van der Waals surface area (Å²) in [5, 5.41) is 0.313. The molecular weight excluding hydrogens is 357 g/mol. The number of carbonyl (C=O) groups is 1. The fourth-order valence-corrected chi connectivity index (χ4v) is 2.78. The van der Waals surface area contributed by atoms with E-state index in [4.69, 9.17) is 11.5 Å². The number of halogens is 3. The highest BCUT2D eigenvalue weighted by Gasteiger charge is 2.18. The Morgan fingerprint density at radius 3 is 2.33 bits per heavy atom. The minimum atomic E-state index is -1.05. The van der Waals surface area contributed by atoms with Crippen LogP contribution in [0.1, 0.15) is 23.0 Å². The highest BCUT2D eigenvalue weighted by molar-refractivity contribution is 6.05. The Labute approximate surface area is 152 Å². The second-order valence-electron chi connectivity index (χ2n) is 5.83. The van der Waals surface area contributed by atoms with Crippen LogP contribution in [-0.2, 0) is 6.42 Å². The summed E-state index contributed by atoms with van der Waals surface area (Å²) in [6.45, 7) is 1.84. The molecule has 1 aromatic heterocycles. The Balaban J connectivity index is 2.33. The number of guanidine groups is 1. The molecule has 0 saturated carbocycles. The average molecular weight is 372 g/mol. The summed E-state index contributed by atoms with van der Waals surface area (Å²) in [5.74, 6) is -4.24. The zero-order valence-electron chi connectivity index (χ0n) is 14.3. The molecule has 3 rings (SSSR count). The first-order chi connectivity index (χ1) is 12.8. The van der Waals surface area contributed by atoms with Crippen LogP contribution in [0.2, 0.25) is 0 Å². The number of rotatable bonds is 3. The average Bonchev–Trinajstić information content (AvgIpc) is 2.59. The van der Waals surface area contributed by atoms with E-state index >= 15 is 0 Å². The smallest absolute Gasteiger partial charge is 0.280 e. The number of benzene rings is 2. The normalized spacial score (nSPS) is 10.8. The number of hydrogen-bond donors (Lipinski definition) is 2. The summed E-state index contributed by atoms with van der Waals surface area (Å²) in [6, 6.07) is 7.11. The molecule has 3 aromatic rings. The van der Waals surface area contributed by atoms with Crippen LogP contribution in [0.25, 0.3) is 22.0 Å². The molecule has 138 valence electrons. The molecule has 4 N–H and O–H groups in total. The van der Waals surface area contributed by atoms with E-state index in [0.29, 0.717) is 35.2 Å². The number of carbonyl (C=O) groups excluding carboxylic acids is 1. The van der Waals surface area contributed by atoms with Crippen molar-refractivity contribution in [3.8, 4) is 11.1 Å². The Morgan fingerprint density at radius 1 is 1.07 bits per heavy atom. The fourth-order valence-electron chi connectivity index (χ4n) is 2.78. The Morgan fingerprint density at radius 2 is 1.74 bits per heavy atom. The van der Waals surface area contributed by atoms with E-state index < -0.39 is 34.9 Å². The van der Waals surface area contributed by atoms with Gasteiger partial charge in [0.05, 0.1) is 11.1 Å². The third kappa shape index (κ3) is 3.59. The first-order valence-electron chi connectivity index (χ1n) is 8.02. The number of amides is 1. The van der Waals surface area contributed by atoms with Gasteiger partial charge < -0.3 is 11.5 Å². The van der Waals surface area contributed by atoms with E-state index in [2.05, 4.69) is 9.98 Å². The van der Waals surface area contributed by atoms with Gasteiger partial charge in [0.1, 0.15) is 17.5 Å². The van der Waals surface area contributed by atoms with Gasteiger partial charge in [-0.15, -0.1) is 0 Å². The maximum Gasteiger partial charge on any atom is 0.280 e. The van der Waals surface area contributed by atoms with Crippen LogP contribution >= 0.6 is 0 Å². The second-order valence-corrected chi connectivity index (χ2v) is 5.83. The van der Waals surface area contributed by atoms with Gasteiger partial charge in [-0.3, -0.25) is 9.78 Å². The topological polar surface area (TPSA) is 94.4 Å². The lowest BCUT2D eigenvalue weighted by Crippen LogP contribution is -2.24. The van der Waals surface area contributed by atoms with Crippen LogP contribution in [0.15, 0.2) is 41.4 Å². The molecule has 0 aliphatic rings. The number of pyridine rings is 1. The molecule has 0 aliphatic heterocycles. The highest BCUT2D eigenvalue weighted by atomic mass is 19.1. The van der Waals surface area contributed by atoms with Crippen molar-refractivity contribution in [2.24, 2.45) is 16.5 Å². The van der Waals surface area contributed by atoms with Crippen LogP contribution < -0.4 is 11.5 Å². The number of hydrogen-bond acceptors (Lipinski definition) is 2. The van der Waals surface area contributed by atoms with Gasteiger partial charge in [-0.2, -0.15) is 4.99 Å². The van der Waals surface area contributed by atoms with Crippen LogP contribution in [0.5, 0.6) is 0 Å². The minimum absolute atomic E-state index is 0.117. The number of aryl methyl sites for hydroxylation is 1.